The number of fused-ring (bicyclic) bond motifs is 1. The Morgan fingerprint density at radius 1 is 1.12 bits per heavy atom. The second kappa shape index (κ2) is 7.81. The first-order chi connectivity index (χ1) is 16.0. The van der Waals surface area contributed by atoms with E-state index in [0.717, 1.165) is 32.1 Å². The fourth-order valence-corrected chi connectivity index (χ4v) is 9.18. The number of ether oxygens (including phenoxy) is 2. The lowest BCUT2D eigenvalue weighted by molar-refractivity contribution is -0.160. The van der Waals surface area contributed by atoms with Gasteiger partial charge in [0.1, 0.15) is 17.6 Å². The Morgan fingerprint density at radius 3 is 2.38 bits per heavy atom. The van der Waals surface area contributed by atoms with Crippen molar-refractivity contribution in [1.82, 2.24) is 4.90 Å². The van der Waals surface area contributed by atoms with E-state index in [4.69, 9.17) is 9.47 Å². The third-order valence-corrected chi connectivity index (χ3v) is 9.21. The summed E-state index contributed by atoms with van der Waals surface area (Å²) in [6.45, 7) is 8.32. The Labute approximate surface area is 202 Å². The molecule has 2 heterocycles. The zero-order chi connectivity index (χ0) is 24.5. The summed E-state index contributed by atoms with van der Waals surface area (Å²) in [7, 11) is 0. The molecule has 0 aromatic heterocycles. The molecule has 7 nitrogen and oxygen atoms in total. The van der Waals surface area contributed by atoms with Crippen molar-refractivity contribution < 1.29 is 29.0 Å². The molecule has 0 spiro atoms. The molecular weight excluding hydrogens is 434 g/mol. The van der Waals surface area contributed by atoms with Gasteiger partial charge in [-0.2, -0.15) is 0 Å². The van der Waals surface area contributed by atoms with Gasteiger partial charge in [-0.15, -0.1) is 0 Å². The van der Waals surface area contributed by atoms with Crippen LogP contribution in [0, 0.1) is 22.2 Å². The molecule has 4 bridgehead atoms. The lowest BCUT2D eigenvalue weighted by Crippen LogP contribution is -2.56. The van der Waals surface area contributed by atoms with Crippen molar-refractivity contribution in [2.24, 2.45) is 22.2 Å². The number of esters is 1. The Morgan fingerprint density at radius 2 is 1.79 bits per heavy atom. The van der Waals surface area contributed by atoms with E-state index in [2.05, 4.69) is 13.8 Å². The van der Waals surface area contributed by atoms with Crippen LogP contribution in [0.3, 0.4) is 0 Å². The van der Waals surface area contributed by atoms with Crippen molar-refractivity contribution in [3.8, 4) is 0 Å². The molecule has 6 fully saturated rings. The molecule has 0 radical (unpaired) electrons. The summed E-state index contributed by atoms with van der Waals surface area (Å²) >= 11 is 0. The molecule has 2 saturated heterocycles. The molecule has 7 heteroatoms. The molecule has 2 unspecified atom stereocenters. The van der Waals surface area contributed by atoms with E-state index >= 15 is 0 Å². The first-order valence-corrected chi connectivity index (χ1v) is 13.1. The molecule has 1 amide bonds. The molecule has 34 heavy (non-hydrogen) atoms. The van der Waals surface area contributed by atoms with Gasteiger partial charge in [0.25, 0.3) is 5.91 Å². The van der Waals surface area contributed by atoms with Crippen LogP contribution in [0.2, 0.25) is 0 Å². The summed E-state index contributed by atoms with van der Waals surface area (Å²) in [6, 6.07) is 0. The van der Waals surface area contributed by atoms with Gasteiger partial charge in [0.2, 0.25) is 11.3 Å². The maximum atomic E-state index is 13.7. The number of carbonyl (C=O) groups is 3. The van der Waals surface area contributed by atoms with Crippen LogP contribution in [0.15, 0.2) is 11.3 Å². The molecule has 0 aromatic rings. The predicted octanol–water partition coefficient (Wildman–Crippen LogP) is 4.44. The second-order valence-corrected chi connectivity index (χ2v) is 12.6. The fraction of sp³-hybridized carbons (Fsp3) is 0.815. The van der Waals surface area contributed by atoms with Crippen molar-refractivity contribution in [2.45, 2.75) is 104 Å². The van der Waals surface area contributed by atoms with E-state index in [-0.39, 0.29) is 40.8 Å². The van der Waals surface area contributed by atoms with Crippen molar-refractivity contribution in [2.75, 3.05) is 13.2 Å². The normalized spacial score (nSPS) is 44.1. The number of carbonyl (C=O) groups excluding carboxylic acids is 3. The molecular formula is C27H39NO6. The van der Waals surface area contributed by atoms with Crippen LogP contribution in [0.1, 0.15) is 91.9 Å². The maximum Gasteiger partial charge on any atom is 0.342 e. The highest BCUT2D eigenvalue weighted by molar-refractivity contribution is 6.35. The zero-order valence-corrected chi connectivity index (χ0v) is 21.1. The van der Waals surface area contributed by atoms with Gasteiger partial charge in [-0.3, -0.25) is 14.5 Å². The van der Waals surface area contributed by atoms with Crippen LogP contribution >= 0.6 is 0 Å². The molecule has 4 atom stereocenters. The number of hydrogen-bond donors (Lipinski definition) is 1. The summed E-state index contributed by atoms with van der Waals surface area (Å²) in [5.74, 6) is -1.51. The van der Waals surface area contributed by atoms with E-state index < -0.39 is 29.4 Å². The summed E-state index contributed by atoms with van der Waals surface area (Å²) in [4.78, 5) is 41.7. The molecule has 6 rings (SSSR count). The van der Waals surface area contributed by atoms with E-state index in [1.54, 1.807) is 6.92 Å². The minimum atomic E-state index is -1.81. The van der Waals surface area contributed by atoms with Gasteiger partial charge in [-0.25, -0.2) is 4.79 Å². The van der Waals surface area contributed by atoms with E-state index in [1.165, 1.54) is 24.2 Å². The minimum Gasteiger partial charge on any atom is -0.511 e. The Kier molecular flexibility index (Phi) is 5.47. The number of Topliss-reactive ketones (excluding diaryl/α,β-unsaturated/α-hetero) is 1. The molecule has 6 aliphatic rings. The topological polar surface area (TPSA) is 93.1 Å². The van der Waals surface area contributed by atoms with E-state index in [1.807, 2.05) is 6.92 Å². The molecule has 188 valence electrons. The largest absolute Gasteiger partial charge is 0.511 e. The van der Waals surface area contributed by atoms with Crippen LogP contribution < -0.4 is 0 Å². The predicted molar refractivity (Wildman–Crippen MR) is 125 cm³/mol. The SMILES string of the molecule is CCCC[C@H]1OC[C@]2(C(=O)OCC)C(=O)/C(=C(/O)CC34CC5CC(C)(CC(C)(C5)C3)C4)C(=O)N12. The molecule has 2 aliphatic heterocycles. The third-order valence-electron chi connectivity index (χ3n) is 9.21. The zero-order valence-electron chi connectivity index (χ0n) is 21.1. The van der Waals surface area contributed by atoms with Gasteiger partial charge in [0.15, 0.2) is 0 Å². The molecule has 1 N–H and O–H groups in total. The van der Waals surface area contributed by atoms with Gasteiger partial charge in [0.05, 0.1) is 13.2 Å². The minimum absolute atomic E-state index is 0.0944. The lowest BCUT2D eigenvalue weighted by Gasteiger charge is -2.65. The Bertz CT molecular complexity index is 937. The van der Waals surface area contributed by atoms with E-state index in [0.29, 0.717) is 18.8 Å². The molecule has 4 aliphatic carbocycles. The second-order valence-electron chi connectivity index (χ2n) is 12.6. The Balaban J connectivity index is 1.50. The number of nitrogens with zero attached hydrogens (tertiary/aromatic N) is 1. The average Bonchev–Trinajstić information content (AvgIpc) is 3.19. The number of aliphatic hydroxyl groups excluding tert-OH is 1. The number of unbranched alkanes of at least 4 members (excludes halogenated alkanes) is 1. The number of hydrogen-bond acceptors (Lipinski definition) is 6. The average molecular weight is 474 g/mol. The van der Waals surface area contributed by atoms with Crippen LogP contribution in [-0.4, -0.2) is 52.6 Å². The fourth-order valence-electron chi connectivity index (χ4n) is 9.18. The maximum absolute atomic E-state index is 13.7. The smallest absolute Gasteiger partial charge is 0.342 e. The number of allylic oxidation sites excluding steroid dienone is 1. The monoisotopic (exact) mass is 473 g/mol. The highest BCUT2D eigenvalue weighted by Crippen LogP contribution is 2.71. The quantitative estimate of drug-likeness (QED) is 0.193. The number of aliphatic hydroxyl groups is 1. The first kappa shape index (κ1) is 23.8. The highest BCUT2D eigenvalue weighted by Gasteiger charge is 2.69. The standard InChI is InChI=1S/C27H39NO6/c1-5-7-8-19-28-22(31)20(21(30)27(28,16-34-19)23(32)33-6-2)18(29)12-26-11-17-9-24(3,14-26)13-25(4,10-17)15-26/h17,19,29H,5-16H2,1-4H3/b20-18-/t17?,19-,24?,25?,26?,27-/m1/s1. The van der Waals surface area contributed by atoms with Gasteiger partial charge in [-0.1, -0.05) is 27.2 Å². The number of ketones is 1. The summed E-state index contributed by atoms with van der Waals surface area (Å²) in [5, 5.41) is 11.4. The van der Waals surface area contributed by atoms with Crippen LogP contribution in [-0.2, 0) is 23.9 Å². The van der Waals surface area contributed by atoms with Crippen molar-refractivity contribution in [3.05, 3.63) is 11.3 Å². The summed E-state index contributed by atoms with van der Waals surface area (Å²) in [6.07, 6.45) is 8.64. The molecule has 0 aromatic carbocycles. The summed E-state index contributed by atoms with van der Waals surface area (Å²) < 4.78 is 11.1. The van der Waals surface area contributed by atoms with Crippen molar-refractivity contribution >= 4 is 17.7 Å². The van der Waals surface area contributed by atoms with Gasteiger partial charge < -0.3 is 14.6 Å². The number of rotatable bonds is 7. The van der Waals surface area contributed by atoms with Gasteiger partial charge in [0, 0.05) is 6.42 Å². The lowest BCUT2D eigenvalue weighted by atomic mass is 9.40. The Hall–Kier alpha value is -1.89. The number of amides is 1. The molecule has 4 saturated carbocycles. The van der Waals surface area contributed by atoms with E-state index in [9.17, 15) is 19.5 Å². The summed E-state index contributed by atoms with van der Waals surface area (Å²) in [5.41, 5.74) is -1.61. The van der Waals surface area contributed by atoms with Crippen LogP contribution in [0.25, 0.3) is 0 Å². The first-order valence-electron chi connectivity index (χ1n) is 13.1. The van der Waals surface area contributed by atoms with Gasteiger partial charge >= 0.3 is 5.97 Å². The van der Waals surface area contributed by atoms with Gasteiger partial charge in [-0.05, 0) is 80.5 Å². The van der Waals surface area contributed by atoms with Crippen LogP contribution in [0.4, 0.5) is 0 Å². The van der Waals surface area contributed by atoms with Crippen molar-refractivity contribution in [1.29, 1.82) is 0 Å². The van der Waals surface area contributed by atoms with Crippen molar-refractivity contribution in [3.63, 3.8) is 0 Å². The third kappa shape index (κ3) is 3.36. The highest BCUT2D eigenvalue weighted by atomic mass is 16.6. The van der Waals surface area contributed by atoms with Crippen LogP contribution in [0.5, 0.6) is 0 Å².